The second-order valence-corrected chi connectivity index (χ2v) is 7.25. The number of anilines is 1. The molecule has 1 aromatic carbocycles. The van der Waals surface area contributed by atoms with E-state index in [1.165, 1.54) is 0 Å². The highest BCUT2D eigenvalue weighted by molar-refractivity contribution is 5.92. The predicted octanol–water partition coefficient (Wildman–Crippen LogP) is 2.35. The van der Waals surface area contributed by atoms with Crippen molar-refractivity contribution in [1.29, 1.82) is 0 Å². The van der Waals surface area contributed by atoms with Crippen LogP contribution in [0.2, 0.25) is 0 Å². The van der Waals surface area contributed by atoms with Crippen molar-refractivity contribution in [2.75, 3.05) is 25.5 Å². The lowest BCUT2D eigenvalue weighted by atomic mass is 10.1. The molecule has 28 heavy (non-hydrogen) atoms. The molecule has 2 atom stereocenters. The van der Waals surface area contributed by atoms with Gasteiger partial charge >= 0.3 is 0 Å². The van der Waals surface area contributed by atoms with Gasteiger partial charge in [-0.1, -0.05) is 32.9 Å². The summed E-state index contributed by atoms with van der Waals surface area (Å²) < 4.78 is 0. The maximum absolute atomic E-state index is 12.1. The van der Waals surface area contributed by atoms with E-state index >= 15 is 0 Å². The van der Waals surface area contributed by atoms with E-state index in [9.17, 15) is 9.59 Å². The zero-order valence-corrected chi connectivity index (χ0v) is 17.4. The number of rotatable bonds is 7. The molecular weight excluding hydrogens is 354 g/mol. The molecule has 1 aromatic rings. The lowest BCUT2D eigenvalue weighted by Gasteiger charge is -2.19. The van der Waals surface area contributed by atoms with Gasteiger partial charge in [0.2, 0.25) is 11.8 Å². The summed E-state index contributed by atoms with van der Waals surface area (Å²) in [4.78, 5) is 30.1. The lowest BCUT2D eigenvalue weighted by Crippen LogP contribution is -2.44. The Kier molecular flexibility index (Phi) is 8.29. The minimum Gasteiger partial charge on any atom is -0.352 e. The number of nitrogens with one attached hydrogen (secondary N) is 3. The minimum absolute atomic E-state index is 0.00428. The molecule has 2 unspecified atom stereocenters. The van der Waals surface area contributed by atoms with Crippen molar-refractivity contribution in [2.24, 2.45) is 10.9 Å². The van der Waals surface area contributed by atoms with Crippen LogP contribution in [-0.2, 0) is 16.1 Å². The van der Waals surface area contributed by atoms with Crippen LogP contribution in [0.15, 0.2) is 29.3 Å². The summed E-state index contributed by atoms with van der Waals surface area (Å²) in [5, 5.41) is 9.66. The summed E-state index contributed by atoms with van der Waals surface area (Å²) >= 11 is 0. The smallest absolute Gasteiger partial charge is 0.227 e. The van der Waals surface area contributed by atoms with E-state index in [4.69, 9.17) is 0 Å². The molecular formula is C21H33N5O2. The summed E-state index contributed by atoms with van der Waals surface area (Å²) in [6, 6.07) is 8.02. The Morgan fingerprint density at radius 1 is 1.32 bits per heavy atom. The molecule has 0 aromatic heterocycles. The van der Waals surface area contributed by atoms with Crippen molar-refractivity contribution >= 4 is 23.5 Å². The lowest BCUT2D eigenvalue weighted by molar-refractivity contribution is -0.129. The summed E-state index contributed by atoms with van der Waals surface area (Å²) in [5.74, 6) is 0.946. The Labute approximate surface area is 168 Å². The van der Waals surface area contributed by atoms with Gasteiger partial charge in [-0.15, -0.1) is 0 Å². The van der Waals surface area contributed by atoms with Crippen LogP contribution < -0.4 is 16.0 Å². The minimum atomic E-state index is -0.00428. The SMILES string of the molecule is CCC(=O)N1CCC(NC(=NC)NCc2cccc(NC(=O)C(C)CC)c2)C1. The average molecular weight is 388 g/mol. The van der Waals surface area contributed by atoms with Gasteiger partial charge in [-0.05, 0) is 30.5 Å². The molecule has 7 heteroatoms. The molecule has 1 heterocycles. The number of hydrogen-bond donors (Lipinski definition) is 3. The Morgan fingerprint density at radius 2 is 2.11 bits per heavy atom. The monoisotopic (exact) mass is 387 g/mol. The van der Waals surface area contributed by atoms with E-state index < -0.39 is 0 Å². The van der Waals surface area contributed by atoms with Gasteiger partial charge in [0.05, 0.1) is 0 Å². The van der Waals surface area contributed by atoms with Gasteiger partial charge in [-0.25, -0.2) is 0 Å². The average Bonchev–Trinajstić information content (AvgIpc) is 3.18. The van der Waals surface area contributed by atoms with Gasteiger partial charge in [0.15, 0.2) is 5.96 Å². The number of carbonyl (C=O) groups is 2. The third kappa shape index (κ3) is 6.25. The van der Waals surface area contributed by atoms with Crippen LogP contribution in [0.5, 0.6) is 0 Å². The van der Waals surface area contributed by atoms with Crippen molar-refractivity contribution < 1.29 is 9.59 Å². The fraction of sp³-hybridized carbons (Fsp3) is 0.571. The topological polar surface area (TPSA) is 85.8 Å². The molecule has 0 radical (unpaired) electrons. The van der Waals surface area contributed by atoms with E-state index in [-0.39, 0.29) is 23.8 Å². The van der Waals surface area contributed by atoms with Gasteiger partial charge in [0, 0.05) is 50.7 Å². The largest absolute Gasteiger partial charge is 0.352 e. The first-order valence-corrected chi connectivity index (χ1v) is 10.1. The molecule has 0 spiro atoms. The number of hydrogen-bond acceptors (Lipinski definition) is 3. The van der Waals surface area contributed by atoms with E-state index in [2.05, 4.69) is 20.9 Å². The fourth-order valence-corrected chi connectivity index (χ4v) is 3.11. The van der Waals surface area contributed by atoms with Crippen molar-refractivity contribution in [1.82, 2.24) is 15.5 Å². The number of carbonyl (C=O) groups excluding carboxylic acids is 2. The first-order valence-electron chi connectivity index (χ1n) is 10.1. The normalized spacial score (nSPS) is 17.9. The second-order valence-electron chi connectivity index (χ2n) is 7.25. The molecule has 2 amide bonds. The molecule has 154 valence electrons. The van der Waals surface area contributed by atoms with Crippen molar-refractivity contribution in [2.45, 2.75) is 52.6 Å². The number of aliphatic imine (C=N–C) groups is 1. The molecule has 3 N–H and O–H groups in total. The summed E-state index contributed by atoms with van der Waals surface area (Å²) in [7, 11) is 1.74. The Balaban J connectivity index is 1.86. The Bertz CT molecular complexity index is 704. The highest BCUT2D eigenvalue weighted by Gasteiger charge is 2.25. The molecule has 1 aliphatic heterocycles. The predicted molar refractivity (Wildman–Crippen MR) is 113 cm³/mol. The van der Waals surface area contributed by atoms with Crippen LogP contribution in [0.25, 0.3) is 0 Å². The molecule has 0 bridgehead atoms. The maximum atomic E-state index is 12.1. The molecule has 7 nitrogen and oxygen atoms in total. The van der Waals surface area contributed by atoms with Crippen molar-refractivity contribution in [3.63, 3.8) is 0 Å². The summed E-state index contributed by atoms with van der Waals surface area (Å²) in [6.45, 7) is 7.92. The third-order valence-corrected chi connectivity index (χ3v) is 5.12. The maximum Gasteiger partial charge on any atom is 0.227 e. The number of likely N-dealkylation sites (tertiary alicyclic amines) is 1. The summed E-state index contributed by atoms with van der Waals surface area (Å²) in [6.07, 6.45) is 2.28. The molecule has 2 rings (SSSR count). The Hall–Kier alpha value is -2.57. The molecule has 1 saturated heterocycles. The van der Waals surface area contributed by atoms with Crippen LogP contribution in [0, 0.1) is 5.92 Å². The second kappa shape index (κ2) is 10.7. The third-order valence-electron chi connectivity index (χ3n) is 5.12. The molecule has 1 fully saturated rings. The fourth-order valence-electron chi connectivity index (χ4n) is 3.11. The highest BCUT2D eigenvalue weighted by Crippen LogP contribution is 2.13. The van der Waals surface area contributed by atoms with E-state index in [0.29, 0.717) is 25.5 Å². The highest BCUT2D eigenvalue weighted by atomic mass is 16.2. The van der Waals surface area contributed by atoms with Crippen LogP contribution >= 0.6 is 0 Å². The number of guanidine groups is 1. The molecule has 0 aliphatic carbocycles. The van der Waals surface area contributed by atoms with Crippen LogP contribution in [0.1, 0.15) is 45.6 Å². The first kappa shape index (κ1) is 21.7. The zero-order chi connectivity index (χ0) is 20.5. The van der Waals surface area contributed by atoms with Gasteiger partial charge in [0.25, 0.3) is 0 Å². The molecule has 1 aliphatic rings. The van der Waals surface area contributed by atoms with Gasteiger partial charge in [-0.2, -0.15) is 0 Å². The number of benzene rings is 1. The van der Waals surface area contributed by atoms with Crippen LogP contribution in [-0.4, -0.2) is 48.9 Å². The van der Waals surface area contributed by atoms with E-state index in [0.717, 1.165) is 30.6 Å². The van der Waals surface area contributed by atoms with Crippen molar-refractivity contribution in [3.05, 3.63) is 29.8 Å². The van der Waals surface area contributed by atoms with Gasteiger partial charge < -0.3 is 20.9 Å². The standard InChI is InChI=1S/C21H33N5O2/c1-5-15(3)20(28)24-17-9-7-8-16(12-17)13-23-21(22-4)25-18-10-11-26(14-18)19(27)6-2/h7-9,12,15,18H,5-6,10-11,13-14H2,1-4H3,(H,24,28)(H2,22,23,25). The van der Waals surface area contributed by atoms with Crippen LogP contribution in [0.3, 0.4) is 0 Å². The van der Waals surface area contributed by atoms with Gasteiger partial charge in [-0.3, -0.25) is 14.6 Å². The van der Waals surface area contributed by atoms with E-state index in [1.54, 1.807) is 7.05 Å². The van der Waals surface area contributed by atoms with Crippen molar-refractivity contribution in [3.8, 4) is 0 Å². The Morgan fingerprint density at radius 3 is 2.79 bits per heavy atom. The summed E-state index contributed by atoms with van der Waals surface area (Å²) in [5.41, 5.74) is 1.86. The number of amides is 2. The van der Waals surface area contributed by atoms with Crippen LogP contribution in [0.4, 0.5) is 5.69 Å². The van der Waals surface area contributed by atoms with Gasteiger partial charge in [0.1, 0.15) is 0 Å². The molecule has 0 saturated carbocycles. The quantitative estimate of drug-likeness (QED) is 0.495. The zero-order valence-electron chi connectivity index (χ0n) is 17.4. The van der Waals surface area contributed by atoms with E-state index in [1.807, 2.05) is 49.9 Å². The number of nitrogens with zero attached hydrogens (tertiary/aromatic N) is 2. The first-order chi connectivity index (χ1) is 13.5.